The van der Waals surface area contributed by atoms with Gasteiger partial charge >= 0.3 is 26.2 Å². The van der Waals surface area contributed by atoms with Gasteiger partial charge in [0.15, 0.2) is 0 Å². The minimum absolute atomic E-state index is 0. The fourth-order valence-corrected chi connectivity index (χ4v) is 2.24. The van der Waals surface area contributed by atoms with Crippen LogP contribution >= 0.6 is 0 Å². The number of benzene rings is 1. The summed E-state index contributed by atoms with van der Waals surface area (Å²) in [4.78, 5) is 0. The van der Waals surface area contributed by atoms with Crippen molar-refractivity contribution in [2.75, 3.05) is 0 Å². The Morgan fingerprint density at radius 2 is 1.52 bits per heavy atom. The van der Waals surface area contributed by atoms with E-state index >= 15 is 0 Å². The van der Waals surface area contributed by atoms with E-state index in [1.165, 1.54) is 33.0 Å². The number of aryl methyl sites for hydroxylation is 4. The maximum absolute atomic E-state index is 2.24. The van der Waals surface area contributed by atoms with Gasteiger partial charge in [-0.1, -0.05) is 33.8 Å². The molecule has 3 aromatic carbocycles. The van der Waals surface area contributed by atoms with Crippen LogP contribution in [0.15, 0.2) is 48.5 Å². The van der Waals surface area contributed by atoms with Crippen molar-refractivity contribution in [2.24, 2.45) is 0 Å². The third kappa shape index (κ3) is 6.11. The molecular weight excluding hydrogens is 378 g/mol. The van der Waals surface area contributed by atoms with Crippen LogP contribution in [0.25, 0.3) is 10.8 Å². The zero-order valence-corrected chi connectivity index (χ0v) is 16.8. The van der Waals surface area contributed by atoms with Crippen molar-refractivity contribution in [1.82, 2.24) is 0 Å². The van der Waals surface area contributed by atoms with E-state index in [1.807, 2.05) is 0 Å². The molecule has 0 heterocycles. The van der Waals surface area contributed by atoms with Crippen LogP contribution in [-0.4, -0.2) is 0 Å². The van der Waals surface area contributed by atoms with E-state index < -0.39 is 0 Å². The van der Waals surface area contributed by atoms with Crippen LogP contribution in [0.4, 0.5) is 0 Å². The number of rotatable bonds is 0. The first-order valence-electron chi connectivity index (χ1n) is 6.39. The fourth-order valence-electron chi connectivity index (χ4n) is 2.24. The molecule has 21 heavy (non-hydrogen) atoms. The van der Waals surface area contributed by atoms with Crippen molar-refractivity contribution < 1.29 is 51.0 Å². The summed E-state index contributed by atoms with van der Waals surface area (Å²) in [5, 5.41) is 2.76. The molecule has 0 unspecified atom stereocenters. The van der Waals surface area contributed by atoms with Crippen molar-refractivity contribution >= 4 is 10.8 Å². The van der Waals surface area contributed by atoms with Gasteiger partial charge in [0.2, 0.25) is 0 Å². The third-order valence-corrected chi connectivity index (χ3v) is 3.39. The molecule has 0 spiro atoms. The van der Waals surface area contributed by atoms with E-state index in [9.17, 15) is 0 Å². The topological polar surface area (TPSA) is 0 Å². The van der Waals surface area contributed by atoms with Gasteiger partial charge in [-0.15, -0.1) is 40.6 Å². The first-order valence-corrected chi connectivity index (χ1v) is 6.39. The molecular formula is C18H20Cl2Zr. The number of hydrogen-bond acceptors (Lipinski definition) is 0. The van der Waals surface area contributed by atoms with Crippen LogP contribution in [-0.2, 0) is 26.2 Å². The Hall–Kier alpha value is -0.357. The predicted octanol–water partition coefficient (Wildman–Crippen LogP) is -0.797. The Morgan fingerprint density at radius 1 is 0.905 bits per heavy atom. The van der Waals surface area contributed by atoms with Crippen LogP contribution in [0.5, 0.6) is 0 Å². The quantitative estimate of drug-likeness (QED) is 0.435. The van der Waals surface area contributed by atoms with Crippen molar-refractivity contribution in [3.8, 4) is 0 Å². The van der Waals surface area contributed by atoms with Crippen molar-refractivity contribution in [1.29, 1.82) is 0 Å². The molecule has 0 fully saturated rings. The van der Waals surface area contributed by atoms with Gasteiger partial charge in [0.25, 0.3) is 0 Å². The van der Waals surface area contributed by atoms with Gasteiger partial charge < -0.3 is 24.8 Å². The van der Waals surface area contributed by atoms with E-state index in [1.54, 1.807) is 0 Å². The average molecular weight is 398 g/mol. The first-order chi connectivity index (χ1) is 8.58. The normalized spacial score (nSPS) is 8.76. The maximum atomic E-state index is 2.24. The largest absolute Gasteiger partial charge is 4.00 e. The molecule has 0 radical (unpaired) electrons. The molecule has 0 atom stereocenters. The molecule has 110 valence electrons. The zero-order chi connectivity index (χ0) is 13.1. The molecule has 0 nitrogen and oxygen atoms in total. The molecule has 3 rings (SSSR count). The monoisotopic (exact) mass is 396 g/mol. The van der Waals surface area contributed by atoms with E-state index in [2.05, 4.69) is 76.2 Å². The number of hydrogen-bond donors (Lipinski definition) is 0. The van der Waals surface area contributed by atoms with Gasteiger partial charge in [0.1, 0.15) is 0 Å². The van der Waals surface area contributed by atoms with Crippen LogP contribution in [0, 0.1) is 27.7 Å². The maximum Gasteiger partial charge on any atom is 4.00 e. The second-order valence-electron chi connectivity index (χ2n) is 5.01. The fraction of sp³-hybridized carbons (Fsp3) is 0.222. The molecule has 0 bridgehead atoms. The summed E-state index contributed by atoms with van der Waals surface area (Å²) in [6.07, 6.45) is 0. The van der Waals surface area contributed by atoms with Crippen molar-refractivity contribution in [3.05, 3.63) is 70.8 Å². The van der Waals surface area contributed by atoms with Crippen LogP contribution in [0.2, 0.25) is 0 Å². The Balaban J connectivity index is 0. The molecule has 0 amide bonds. The van der Waals surface area contributed by atoms with Gasteiger partial charge in [-0.05, 0) is 0 Å². The summed E-state index contributed by atoms with van der Waals surface area (Å²) in [5.74, 6) is 0. The third-order valence-electron chi connectivity index (χ3n) is 3.39. The van der Waals surface area contributed by atoms with Gasteiger partial charge in [-0.3, -0.25) is 0 Å². The molecule has 0 N–H and O–H groups in total. The number of halogens is 2. The van der Waals surface area contributed by atoms with Crippen LogP contribution < -0.4 is 24.8 Å². The summed E-state index contributed by atoms with van der Waals surface area (Å²) in [6.45, 7) is 8.55. The Labute approximate surface area is 159 Å². The predicted molar refractivity (Wildman–Crippen MR) is 80.5 cm³/mol. The molecule has 0 saturated carbocycles. The second-order valence-corrected chi connectivity index (χ2v) is 5.01. The van der Waals surface area contributed by atoms with Crippen LogP contribution in [0.1, 0.15) is 22.3 Å². The van der Waals surface area contributed by atoms with Gasteiger partial charge in [-0.25, -0.2) is 11.6 Å². The second kappa shape index (κ2) is 10.4. The molecule has 3 heteroatoms. The summed E-state index contributed by atoms with van der Waals surface area (Å²) >= 11 is 0. The molecule has 0 aromatic heterocycles. The minimum Gasteiger partial charge on any atom is -1.00 e. The van der Waals surface area contributed by atoms with Gasteiger partial charge in [0.05, 0.1) is 0 Å². The summed E-state index contributed by atoms with van der Waals surface area (Å²) in [6, 6.07) is 17.2. The smallest absolute Gasteiger partial charge is 1.00 e. The summed E-state index contributed by atoms with van der Waals surface area (Å²) in [5.41, 5.74) is 5.53. The summed E-state index contributed by atoms with van der Waals surface area (Å²) in [7, 11) is 0. The standard InChI is InChI=1S/C11H11.C7H9.2ClH.Zr/c1-8-7-10-5-3-4-6-11(10)9(8)2;1-6-3-4-7(2)5-6;;;/h3-7H,1-2H3;3-5H,1-2H3;2*1H;/q2*-1;;;+4/p-2. The van der Waals surface area contributed by atoms with Gasteiger partial charge in [-0.2, -0.15) is 23.3 Å². The van der Waals surface area contributed by atoms with Crippen LogP contribution in [0.3, 0.4) is 0 Å². The van der Waals surface area contributed by atoms with E-state index in [-0.39, 0.29) is 51.0 Å². The summed E-state index contributed by atoms with van der Waals surface area (Å²) < 4.78 is 0. The first kappa shape index (κ1) is 22.9. The number of fused-ring (bicyclic) bond motifs is 1. The Morgan fingerprint density at radius 3 is 1.95 bits per heavy atom. The molecule has 0 aliphatic carbocycles. The zero-order valence-electron chi connectivity index (χ0n) is 12.9. The Bertz CT molecular complexity index is 634. The van der Waals surface area contributed by atoms with Crippen molar-refractivity contribution in [3.63, 3.8) is 0 Å². The van der Waals surface area contributed by atoms with Crippen molar-refractivity contribution in [2.45, 2.75) is 27.7 Å². The Kier molecular flexibility index (Phi) is 11.3. The molecule has 0 saturated heterocycles. The minimum atomic E-state index is 0. The van der Waals surface area contributed by atoms with E-state index in [4.69, 9.17) is 0 Å². The van der Waals surface area contributed by atoms with Gasteiger partial charge in [0, 0.05) is 0 Å². The molecule has 0 aliphatic rings. The molecule has 3 aromatic rings. The SMILES string of the molecule is Cc1[cH-]c2ccccc2c1C.Cc1c[cH-]c(C)c1.[Cl-].[Cl-].[Zr+4]. The average Bonchev–Trinajstić information content (AvgIpc) is 2.85. The van der Waals surface area contributed by atoms with E-state index in [0.717, 1.165) is 0 Å². The molecule has 0 aliphatic heterocycles. The van der Waals surface area contributed by atoms with E-state index in [0.29, 0.717) is 0 Å².